The van der Waals surface area contributed by atoms with Gasteiger partial charge in [-0.05, 0) is 61.2 Å². The molecule has 4 aliphatic rings. The number of hydrogen-bond acceptors (Lipinski definition) is 4. The zero-order valence-electron chi connectivity index (χ0n) is 18.3. The molecule has 0 aromatic carbocycles. The summed E-state index contributed by atoms with van der Waals surface area (Å²) in [6.07, 6.45) is 8.91. The minimum atomic E-state index is -0.425. The van der Waals surface area contributed by atoms with Crippen LogP contribution in [0.25, 0.3) is 0 Å². The fourth-order valence-corrected chi connectivity index (χ4v) is 7.11. The van der Waals surface area contributed by atoms with E-state index in [4.69, 9.17) is 9.47 Å². The summed E-state index contributed by atoms with van der Waals surface area (Å²) >= 11 is 0. The monoisotopic (exact) mass is 388 g/mol. The van der Waals surface area contributed by atoms with Gasteiger partial charge in [0.25, 0.3) is 0 Å². The molecule has 2 unspecified atom stereocenters. The van der Waals surface area contributed by atoms with Crippen LogP contribution in [-0.2, 0) is 19.1 Å². The molecule has 4 nitrogen and oxygen atoms in total. The maximum absolute atomic E-state index is 12.3. The van der Waals surface area contributed by atoms with Gasteiger partial charge in [-0.3, -0.25) is 0 Å². The summed E-state index contributed by atoms with van der Waals surface area (Å²) in [4.78, 5) is 24.7. The van der Waals surface area contributed by atoms with Crippen molar-refractivity contribution in [3.8, 4) is 0 Å². The van der Waals surface area contributed by atoms with E-state index in [1.54, 1.807) is 0 Å². The summed E-state index contributed by atoms with van der Waals surface area (Å²) in [6.45, 7) is 13.7. The lowest BCUT2D eigenvalue weighted by molar-refractivity contribution is -0.153. The highest BCUT2D eigenvalue weighted by Gasteiger charge is 2.63. The number of carbonyl (C=O) groups is 2. The summed E-state index contributed by atoms with van der Waals surface area (Å²) in [7, 11) is 0. The Morgan fingerprint density at radius 3 is 1.32 bits per heavy atom. The van der Waals surface area contributed by atoms with Crippen LogP contribution in [-0.4, -0.2) is 24.1 Å². The molecule has 4 rings (SSSR count). The molecule has 0 saturated heterocycles. The van der Waals surface area contributed by atoms with Crippen LogP contribution < -0.4 is 0 Å². The van der Waals surface area contributed by atoms with Gasteiger partial charge >= 0.3 is 11.9 Å². The molecule has 0 radical (unpaired) electrons. The maximum atomic E-state index is 12.3. The highest BCUT2D eigenvalue weighted by atomic mass is 16.6. The highest BCUT2D eigenvalue weighted by molar-refractivity contribution is 5.91. The first-order valence-electron chi connectivity index (χ1n) is 11.0. The van der Waals surface area contributed by atoms with E-state index in [0.717, 1.165) is 25.7 Å². The Balaban J connectivity index is 1.33. The summed E-state index contributed by atoms with van der Waals surface area (Å²) < 4.78 is 11.5. The van der Waals surface area contributed by atoms with E-state index in [9.17, 15) is 9.59 Å². The average Bonchev–Trinajstić information content (AvgIpc) is 3.12. The van der Waals surface area contributed by atoms with Crippen LogP contribution in [0.4, 0.5) is 0 Å². The quantitative estimate of drug-likeness (QED) is 0.499. The van der Waals surface area contributed by atoms with Crippen LogP contribution in [0, 0.1) is 33.5 Å². The van der Waals surface area contributed by atoms with Crippen molar-refractivity contribution in [3.05, 3.63) is 12.2 Å². The number of esters is 2. The lowest BCUT2D eigenvalue weighted by Gasteiger charge is -2.38. The van der Waals surface area contributed by atoms with Crippen molar-refractivity contribution < 1.29 is 19.1 Å². The van der Waals surface area contributed by atoms with E-state index < -0.39 is 11.9 Å². The molecule has 4 bridgehead atoms. The number of carbonyl (C=O) groups excluding carboxylic acids is 2. The zero-order chi connectivity index (χ0) is 20.5. The summed E-state index contributed by atoms with van der Waals surface area (Å²) in [5.74, 6) is 0.384. The third-order valence-corrected chi connectivity index (χ3v) is 10.3. The second kappa shape index (κ2) is 6.09. The number of ether oxygens (including phenoxy) is 2. The van der Waals surface area contributed by atoms with E-state index in [-0.39, 0.29) is 33.9 Å². The lowest BCUT2D eigenvalue weighted by atomic mass is 9.70. The van der Waals surface area contributed by atoms with Gasteiger partial charge in [0.2, 0.25) is 0 Å². The summed E-state index contributed by atoms with van der Waals surface area (Å²) in [5.41, 5.74) is 0.463. The molecule has 0 aromatic heterocycles. The SMILES string of the molecule is CC1(C)[C@H]2CC[C@]1(C)C(OC(=O)/C=C/C(=O)OC1C[C@@H]3CC[C@@]1(C)C3(C)C)C2. The minimum Gasteiger partial charge on any atom is -0.459 e. The molecule has 28 heavy (non-hydrogen) atoms. The van der Waals surface area contributed by atoms with E-state index in [1.165, 1.54) is 25.0 Å². The molecule has 4 fully saturated rings. The minimum absolute atomic E-state index is 0.0327. The van der Waals surface area contributed by atoms with Crippen molar-refractivity contribution in [2.75, 3.05) is 0 Å². The van der Waals surface area contributed by atoms with Gasteiger partial charge < -0.3 is 9.47 Å². The Bertz CT molecular complexity index is 660. The molecular formula is C24H36O4. The zero-order valence-corrected chi connectivity index (χ0v) is 18.3. The predicted molar refractivity (Wildman–Crippen MR) is 107 cm³/mol. The summed E-state index contributed by atoms with van der Waals surface area (Å²) in [6, 6.07) is 0. The van der Waals surface area contributed by atoms with Crippen LogP contribution in [0.3, 0.4) is 0 Å². The molecule has 0 heterocycles. The first-order valence-corrected chi connectivity index (χ1v) is 11.0. The van der Waals surface area contributed by atoms with E-state index in [0.29, 0.717) is 11.8 Å². The first kappa shape index (κ1) is 20.0. The smallest absolute Gasteiger partial charge is 0.331 e. The molecule has 6 atom stereocenters. The summed E-state index contributed by atoms with van der Waals surface area (Å²) in [5, 5.41) is 0. The molecule has 0 aromatic rings. The standard InChI is InChI=1S/C24H36O4/c1-21(2)15-9-11-23(21,5)17(13-15)27-19(25)7-8-20(26)28-18-14-16-10-12-24(18,6)22(16,3)4/h7-8,15-18H,9-14H2,1-6H3/b8-7+/t15-,16-,17?,18?,23+,24+/m0/s1. The van der Waals surface area contributed by atoms with E-state index >= 15 is 0 Å². The second-order valence-electron chi connectivity index (χ2n) is 11.4. The van der Waals surface area contributed by atoms with Crippen LogP contribution in [0.2, 0.25) is 0 Å². The van der Waals surface area contributed by atoms with Gasteiger partial charge in [0.05, 0.1) is 0 Å². The average molecular weight is 389 g/mol. The topological polar surface area (TPSA) is 52.6 Å². The third-order valence-electron chi connectivity index (χ3n) is 10.3. The molecule has 4 heteroatoms. The van der Waals surface area contributed by atoms with E-state index in [2.05, 4.69) is 41.5 Å². The fraction of sp³-hybridized carbons (Fsp3) is 0.833. The largest absolute Gasteiger partial charge is 0.459 e. The fourth-order valence-electron chi connectivity index (χ4n) is 7.11. The predicted octanol–water partition coefficient (Wildman–Crippen LogP) is 5.06. The molecule has 0 spiro atoms. The van der Waals surface area contributed by atoms with Crippen molar-refractivity contribution >= 4 is 11.9 Å². The van der Waals surface area contributed by atoms with Gasteiger partial charge in [-0.1, -0.05) is 41.5 Å². The molecule has 0 aliphatic heterocycles. The Hall–Kier alpha value is -1.32. The van der Waals surface area contributed by atoms with Gasteiger partial charge in [-0.15, -0.1) is 0 Å². The van der Waals surface area contributed by atoms with Gasteiger partial charge in [-0.25, -0.2) is 9.59 Å². The molecule has 0 amide bonds. The van der Waals surface area contributed by atoms with Crippen molar-refractivity contribution in [1.29, 1.82) is 0 Å². The normalized spacial score (nSPS) is 44.9. The Kier molecular flexibility index (Phi) is 4.34. The van der Waals surface area contributed by atoms with Crippen LogP contribution in [0.5, 0.6) is 0 Å². The molecule has 4 aliphatic carbocycles. The molecule has 156 valence electrons. The van der Waals surface area contributed by atoms with Crippen molar-refractivity contribution in [1.82, 2.24) is 0 Å². The Morgan fingerprint density at radius 1 is 0.714 bits per heavy atom. The number of hydrogen-bond donors (Lipinski definition) is 0. The van der Waals surface area contributed by atoms with Crippen LogP contribution in [0.15, 0.2) is 12.2 Å². The van der Waals surface area contributed by atoms with Crippen LogP contribution >= 0.6 is 0 Å². The Morgan fingerprint density at radius 2 is 1.07 bits per heavy atom. The van der Waals surface area contributed by atoms with Crippen LogP contribution in [0.1, 0.15) is 80.1 Å². The highest BCUT2D eigenvalue weighted by Crippen LogP contribution is 2.67. The molecule has 4 saturated carbocycles. The molecular weight excluding hydrogens is 352 g/mol. The van der Waals surface area contributed by atoms with E-state index in [1.807, 2.05) is 0 Å². The number of rotatable bonds is 4. The second-order valence-corrected chi connectivity index (χ2v) is 11.4. The van der Waals surface area contributed by atoms with Crippen molar-refractivity contribution in [2.45, 2.75) is 92.3 Å². The van der Waals surface area contributed by atoms with Gasteiger partial charge in [0.1, 0.15) is 12.2 Å². The van der Waals surface area contributed by atoms with Crippen molar-refractivity contribution in [2.24, 2.45) is 33.5 Å². The van der Waals surface area contributed by atoms with Gasteiger partial charge in [-0.2, -0.15) is 0 Å². The third kappa shape index (κ3) is 2.55. The number of fused-ring (bicyclic) bond motifs is 4. The lowest BCUT2D eigenvalue weighted by Crippen LogP contribution is -2.38. The molecule has 0 N–H and O–H groups in total. The first-order chi connectivity index (χ1) is 12.9. The van der Waals surface area contributed by atoms with Gasteiger partial charge in [0, 0.05) is 23.0 Å². The van der Waals surface area contributed by atoms with Gasteiger partial charge in [0.15, 0.2) is 0 Å². The maximum Gasteiger partial charge on any atom is 0.331 e. The Labute approximate surface area is 169 Å². The van der Waals surface area contributed by atoms with Crippen molar-refractivity contribution in [3.63, 3.8) is 0 Å².